The van der Waals surface area contributed by atoms with E-state index in [-0.39, 0.29) is 17.3 Å². The lowest BCUT2D eigenvalue weighted by molar-refractivity contribution is -0.113. The Morgan fingerprint density at radius 2 is 1.88 bits per heavy atom. The van der Waals surface area contributed by atoms with Crippen LogP contribution < -0.4 is 11.0 Å². The number of hydrogen-bond donors (Lipinski definition) is 1. The highest BCUT2D eigenvalue weighted by Gasteiger charge is 2.21. The van der Waals surface area contributed by atoms with Gasteiger partial charge in [-0.3, -0.25) is 14.3 Å². The molecule has 1 aliphatic carbocycles. The highest BCUT2D eigenvalue weighted by molar-refractivity contribution is 8.00. The smallest absolute Gasteiger partial charge is 0.348 e. The number of amides is 1. The molecule has 9 heteroatoms. The topological polar surface area (TPSA) is 76.5 Å². The van der Waals surface area contributed by atoms with Crippen LogP contribution in [0.15, 0.2) is 34.1 Å². The predicted molar refractivity (Wildman–Crippen MR) is 128 cm³/mol. The third-order valence-corrected chi connectivity index (χ3v) is 7.15. The summed E-state index contributed by atoms with van der Waals surface area (Å²) in [6.45, 7) is 5.14. The molecular formula is C23H29ClN4O3S. The van der Waals surface area contributed by atoms with Crippen molar-refractivity contribution in [1.29, 1.82) is 0 Å². The van der Waals surface area contributed by atoms with E-state index >= 15 is 0 Å². The Bertz CT molecular complexity index is 990. The van der Waals surface area contributed by atoms with Crippen LogP contribution in [0, 0.1) is 0 Å². The molecule has 7 nitrogen and oxygen atoms in total. The standard InChI is InChI=1S/C23H29ClN4O3S/c24-17-6-8-18(9-7-17)25-21(29)16-32-22-19-4-1-2-5-20(19)28(23(30)26-22)11-3-10-27-12-14-31-15-13-27/h6-9H,1-5,10-16H2,(H,25,29). The number of carbonyl (C=O) groups excluding carboxylic acids is 1. The number of hydrogen-bond acceptors (Lipinski definition) is 6. The number of benzene rings is 1. The van der Waals surface area contributed by atoms with Crippen molar-refractivity contribution in [3.8, 4) is 0 Å². The molecule has 32 heavy (non-hydrogen) atoms. The lowest BCUT2D eigenvalue weighted by Crippen LogP contribution is -2.38. The molecule has 1 saturated heterocycles. The maximum Gasteiger partial charge on any atom is 0.348 e. The van der Waals surface area contributed by atoms with Crippen LogP contribution in [-0.2, 0) is 28.9 Å². The van der Waals surface area contributed by atoms with Crippen LogP contribution >= 0.6 is 23.4 Å². The molecule has 4 rings (SSSR count). The Balaban J connectivity index is 1.40. The van der Waals surface area contributed by atoms with Gasteiger partial charge in [0.15, 0.2) is 0 Å². The van der Waals surface area contributed by atoms with E-state index in [0.29, 0.717) is 22.3 Å². The van der Waals surface area contributed by atoms with E-state index in [0.717, 1.165) is 76.2 Å². The molecule has 1 fully saturated rings. The summed E-state index contributed by atoms with van der Waals surface area (Å²) in [5, 5.41) is 4.19. The molecule has 2 heterocycles. The third kappa shape index (κ3) is 6.13. The van der Waals surface area contributed by atoms with E-state index in [1.807, 2.05) is 4.57 Å². The van der Waals surface area contributed by atoms with Crippen LogP contribution in [0.2, 0.25) is 5.02 Å². The first-order valence-corrected chi connectivity index (χ1v) is 12.6. The predicted octanol–water partition coefficient (Wildman–Crippen LogP) is 3.23. The minimum atomic E-state index is -0.201. The van der Waals surface area contributed by atoms with Crippen molar-refractivity contribution in [3.63, 3.8) is 0 Å². The second-order valence-electron chi connectivity index (χ2n) is 8.13. The summed E-state index contributed by atoms with van der Waals surface area (Å²) in [6, 6.07) is 7.01. The Kier molecular flexibility index (Phi) is 8.24. The van der Waals surface area contributed by atoms with Gasteiger partial charge in [0.2, 0.25) is 5.91 Å². The molecule has 0 unspecified atom stereocenters. The average molecular weight is 477 g/mol. The normalized spacial score (nSPS) is 16.5. The zero-order chi connectivity index (χ0) is 22.3. The average Bonchev–Trinajstić information content (AvgIpc) is 2.81. The van der Waals surface area contributed by atoms with Gasteiger partial charge in [-0.25, -0.2) is 4.79 Å². The molecule has 1 aromatic carbocycles. The summed E-state index contributed by atoms with van der Waals surface area (Å²) >= 11 is 7.24. The maximum absolute atomic E-state index is 12.9. The Labute approximate surface area is 197 Å². The number of ether oxygens (including phenoxy) is 1. The summed E-state index contributed by atoms with van der Waals surface area (Å²) in [5.74, 6) is 0.0844. The van der Waals surface area contributed by atoms with Gasteiger partial charge in [-0.2, -0.15) is 4.98 Å². The molecule has 1 aromatic heterocycles. The van der Waals surface area contributed by atoms with Gasteiger partial charge in [-0.05, 0) is 56.4 Å². The van der Waals surface area contributed by atoms with Crippen LogP contribution in [-0.4, -0.2) is 59.0 Å². The molecule has 1 amide bonds. The zero-order valence-electron chi connectivity index (χ0n) is 18.1. The first kappa shape index (κ1) is 23.3. The number of anilines is 1. The van der Waals surface area contributed by atoms with Gasteiger partial charge < -0.3 is 10.1 Å². The molecule has 2 aromatic rings. The summed E-state index contributed by atoms with van der Waals surface area (Å²) < 4.78 is 7.27. The van der Waals surface area contributed by atoms with Gasteiger partial charge in [0, 0.05) is 48.1 Å². The Morgan fingerprint density at radius 3 is 2.66 bits per heavy atom. The minimum absolute atomic E-state index is 0.127. The molecule has 0 atom stereocenters. The van der Waals surface area contributed by atoms with E-state index in [1.165, 1.54) is 11.8 Å². The number of aromatic nitrogens is 2. The fourth-order valence-corrected chi connectivity index (χ4v) is 5.24. The fourth-order valence-electron chi connectivity index (χ4n) is 4.24. The van der Waals surface area contributed by atoms with Gasteiger partial charge in [0.1, 0.15) is 5.03 Å². The van der Waals surface area contributed by atoms with E-state index in [2.05, 4.69) is 15.2 Å². The third-order valence-electron chi connectivity index (χ3n) is 5.88. The first-order chi connectivity index (χ1) is 15.6. The molecule has 0 saturated carbocycles. The largest absolute Gasteiger partial charge is 0.379 e. The molecule has 172 valence electrons. The molecular weight excluding hydrogens is 448 g/mol. The van der Waals surface area contributed by atoms with Crippen LogP contribution in [0.5, 0.6) is 0 Å². The highest BCUT2D eigenvalue weighted by Crippen LogP contribution is 2.28. The van der Waals surface area contributed by atoms with Gasteiger partial charge >= 0.3 is 5.69 Å². The zero-order valence-corrected chi connectivity index (χ0v) is 19.7. The lowest BCUT2D eigenvalue weighted by Gasteiger charge is -2.27. The number of rotatable bonds is 8. The van der Waals surface area contributed by atoms with Crippen molar-refractivity contribution in [2.75, 3.05) is 43.9 Å². The first-order valence-electron chi connectivity index (χ1n) is 11.2. The van der Waals surface area contributed by atoms with Gasteiger partial charge in [0.05, 0.1) is 19.0 Å². The Hall–Kier alpha value is -1.87. The van der Waals surface area contributed by atoms with Crippen molar-refractivity contribution in [2.24, 2.45) is 0 Å². The van der Waals surface area contributed by atoms with Crippen molar-refractivity contribution >= 4 is 35.0 Å². The lowest BCUT2D eigenvalue weighted by atomic mass is 9.97. The van der Waals surface area contributed by atoms with Crippen LogP contribution in [0.1, 0.15) is 30.5 Å². The number of carbonyl (C=O) groups is 1. The number of halogens is 1. The quantitative estimate of drug-likeness (QED) is 0.465. The van der Waals surface area contributed by atoms with Crippen molar-refractivity contribution < 1.29 is 9.53 Å². The number of nitrogens with one attached hydrogen (secondary N) is 1. The number of nitrogens with zero attached hydrogens (tertiary/aromatic N) is 3. The summed E-state index contributed by atoms with van der Waals surface area (Å²) in [6.07, 6.45) is 4.90. The maximum atomic E-state index is 12.9. The molecule has 0 radical (unpaired) electrons. The minimum Gasteiger partial charge on any atom is -0.379 e. The van der Waals surface area contributed by atoms with E-state index in [9.17, 15) is 9.59 Å². The second kappa shape index (κ2) is 11.3. The monoisotopic (exact) mass is 476 g/mol. The molecule has 2 aliphatic rings. The van der Waals surface area contributed by atoms with E-state index in [1.54, 1.807) is 24.3 Å². The summed E-state index contributed by atoms with van der Waals surface area (Å²) in [4.78, 5) is 32.0. The molecule has 0 spiro atoms. The molecule has 0 bridgehead atoms. The van der Waals surface area contributed by atoms with Crippen LogP contribution in [0.25, 0.3) is 0 Å². The van der Waals surface area contributed by atoms with Crippen molar-refractivity contribution in [3.05, 3.63) is 51.0 Å². The highest BCUT2D eigenvalue weighted by atomic mass is 35.5. The number of thioether (sulfide) groups is 1. The van der Waals surface area contributed by atoms with Gasteiger partial charge in [-0.1, -0.05) is 23.4 Å². The SMILES string of the molecule is O=C(CSc1nc(=O)n(CCCN2CCOCC2)c2c1CCCC2)Nc1ccc(Cl)cc1. The molecule has 1 N–H and O–H groups in total. The molecule has 1 aliphatic heterocycles. The van der Waals surface area contributed by atoms with Crippen molar-refractivity contribution in [1.82, 2.24) is 14.5 Å². The second-order valence-corrected chi connectivity index (χ2v) is 9.54. The summed E-state index contributed by atoms with van der Waals surface area (Å²) in [5.41, 5.74) is 2.75. The number of fused-ring (bicyclic) bond motifs is 1. The van der Waals surface area contributed by atoms with E-state index in [4.69, 9.17) is 16.3 Å². The summed E-state index contributed by atoms with van der Waals surface area (Å²) in [7, 11) is 0. The van der Waals surface area contributed by atoms with Crippen LogP contribution in [0.3, 0.4) is 0 Å². The van der Waals surface area contributed by atoms with Gasteiger partial charge in [-0.15, -0.1) is 0 Å². The van der Waals surface area contributed by atoms with Gasteiger partial charge in [0.25, 0.3) is 0 Å². The number of morpholine rings is 1. The fraction of sp³-hybridized carbons (Fsp3) is 0.522. The van der Waals surface area contributed by atoms with Crippen LogP contribution in [0.4, 0.5) is 5.69 Å². The van der Waals surface area contributed by atoms with E-state index < -0.39 is 0 Å². The Morgan fingerprint density at radius 1 is 1.12 bits per heavy atom. The van der Waals surface area contributed by atoms with Crippen molar-refractivity contribution in [2.45, 2.75) is 43.7 Å².